The van der Waals surface area contributed by atoms with Crippen molar-refractivity contribution in [3.8, 4) is 0 Å². The Morgan fingerprint density at radius 3 is 2.63 bits per heavy atom. The molecule has 8 heteroatoms. The van der Waals surface area contributed by atoms with E-state index in [2.05, 4.69) is 20.7 Å². The number of rotatable bonds is 7. The van der Waals surface area contributed by atoms with Gasteiger partial charge in [0, 0.05) is 13.0 Å². The first kappa shape index (κ1) is 16.1. The Labute approximate surface area is 119 Å². The number of hydrogen-bond acceptors (Lipinski definition) is 3. The Bertz CT molecular complexity index is 562. The Morgan fingerprint density at radius 1 is 1.37 bits per heavy atom. The molecule has 1 aromatic carbocycles. The number of benzene rings is 1. The molecule has 0 aliphatic carbocycles. The van der Waals surface area contributed by atoms with E-state index in [0.29, 0.717) is 12.8 Å². The molecule has 1 rings (SSSR count). The molecule has 0 aromatic heterocycles. The molecule has 0 aliphatic rings. The number of aliphatic carboxylic acids is 1. The van der Waals surface area contributed by atoms with Crippen molar-refractivity contribution in [1.82, 2.24) is 4.72 Å². The van der Waals surface area contributed by atoms with Gasteiger partial charge in [-0.3, -0.25) is 4.79 Å². The van der Waals surface area contributed by atoms with Gasteiger partial charge in [-0.1, -0.05) is 0 Å². The van der Waals surface area contributed by atoms with Gasteiger partial charge < -0.3 is 5.11 Å². The summed E-state index contributed by atoms with van der Waals surface area (Å²) >= 11 is 2.94. The molecule has 0 atom stereocenters. The van der Waals surface area contributed by atoms with E-state index >= 15 is 0 Å². The van der Waals surface area contributed by atoms with Crippen LogP contribution in [-0.4, -0.2) is 26.0 Å². The maximum atomic E-state index is 13.2. The second-order valence-electron chi connectivity index (χ2n) is 3.82. The van der Waals surface area contributed by atoms with Crippen molar-refractivity contribution in [2.45, 2.75) is 24.2 Å². The molecule has 0 spiro atoms. The van der Waals surface area contributed by atoms with Crippen molar-refractivity contribution >= 4 is 31.9 Å². The summed E-state index contributed by atoms with van der Waals surface area (Å²) in [5.41, 5.74) is 0. The Kier molecular flexibility index (Phi) is 5.89. The third kappa shape index (κ3) is 5.25. The van der Waals surface area contributed by atoms with Gasteiger partial charge in [-0.2, -0.15) is 0 Å². The first-order chi connectivity index (χ1) is 8.83. The van der Waals surface area contributed by atoms with E-state index in [1.807, 2.05) is 0 Å². The third-order valence-corrected chi connectivity index (χ3v) is 4.41. The van der Waals surface area contributed by atoms with Gasteiger partial charge in [0.25, 0.3) is 0 Å². The number of halogens is 2. The van der Waals surface area contributed by atoms with Crippen LogP contribution in [0.25, 0.3) is 0 Å². The lowest BCUT2D eigenvalue weighted by Crippen LogP contribution is -2.25. The molecule has 0 saturated carbocycles. The molecule has 0 unspecified atom stereocenters. The van der Waals surface area contributed by atoms with Crippen LogP contribution in [0.4, 0.5) is 4.39 Å². The van der Waals surface area contributed by atoms with E-state index in [0.717, 1.165) is 6.07 Å². The highest BCUT2D eigenvalue weighted by molar-refractivity contribution is 9.10. The first-order valence-electron chi connectivity index (χ1n) is 5.49. The van der Waals surface area contributed by atoms with Gasteiger partial charge in [0.1, 0.15) is 5.82 Å². The molecule has 106 valence electrons. The average Bonchev–Trinajstić information content (AvgIpc) is 2.31. The van der Waals surface area contributed by atoms with E-state index in [1.54, 1.807) is 0 Å². The van der Waals surface area contributed by atoms with Crippen molar-refractivity contribution in [3.05, 3.63) is 28.5 Å². The van der Waals surface area contributed by atoms with E-state index in [-0.39, 0.29) is 22.3 Å². The minimum Gasteiger partial charge on any atom is -0.481 e. The second-order valence-corrected chi connectivity index (χ2v) is 6.45. The van der Waals surface area contributed by atoms with E-state index in [1.165, 1.54) is 12.1 Å². The summed E-state index contributed by atoms with van der Waals surface area (Å²) in [6.45, 7) is 0.118. The molecule has 0 saturated heterocycles. The summed E-state index contributed by atoms with van der Waals surface area (Å²) in [5.74, 6) is -1.58. The summed E-state index contributed by atoms with van der Waals surface area (Å²) in [4.78, 5) is 10.1. The molecule has 0 radical (unpaired) electrons. The summed E-state index contributed by atoms with van der Waals surface area (Å²) < 4.78 is 39.3. The van der Waals surface area contributed by atoms with Gasteiger partial charge in [-0.25, -0.2) is 17.5 Å². The second kappa shape index (κ2) is 6.97. The minimum atomic E-state index is -3.76. The monoisotopic (exact) mass is 353 g/mol. The lowest BCUT2D eigenvalue weighted by molar-refractivity contribution is -0.137. The third-order valence-electron chi connectivity index (χ3n) is 2.31. The SMILES string of the molecule is O=C(O)CCCCNS(=O)(=O)c1ccc(Br)c(F)c1. The van der Waals surface area contributed by atoms with Gasteiger partial charge in [0.05, 0.1) is 9.37 Å². The van der Waals surface area contributed by atoms with Crippen LogP contribution >= 0.6 is 15.9 Å². The predicted octanol–water partition coefficient (Wildman–Crippen LogP) is 2.12. The van der Waals surface area contributed by atoms with Crippen molar-refractivity contribution in [2.24, 2.45) is 0 Å². The molecular formula is C11H13BrFNO4S. The molecule has 19 heavy (non-hydrogen) atoms. The molecule has 0 fully saturated rings. The quantitative estimate of drug-likeness (QED) is 0.735. The van der Waals surface area contributed by atoms with Gasteiger partial charge in [0.2, 0.25) is 10.0 Å². The maximum Gasteiger partial charge on any atom is 0.303 e. The molecular weight excluding hydrogens is 341 g/mol. The van der Waals surface area contributed by atoms with E-state index in [9.17, 15) is 17.6 Å². The number of unbranched alkanes of at least 4 members (excludes halogenated alkanes) is 1. The van der Waals surface area contributed by atoms with Gasteiger partial charge in [-0.15, -0.1) is 0 Å². The zero-order chi connectivity index (χ0) is 14.5. The normalized spacial score (nSPS) is 11.5. The highest BCUT2D eigenvalue weighted by Gasteiger charge is 2.15. The number of sulfonamides is 1. The highest BCUT2D eigenvalue weighted by atomic mass is 79.9. The van der Waals surface area contributed by atoms with Gasteiger partial charge in [-0.05, 0) is 47.0 Å². The number of carboxylic acid groups (broad SMARTS) is 1. The molecule has 0 amide bonds. The Hall–Kier alpha value is -0.990. The highest BCUT2D eigenvalue weighted by Crippen LogP contribution is 2.19. The smallest absolute Gasteiger partial charge is 0.303 e. The predicted molar refractivity (Wildman–Crippen MR) is 70.8 cm³/mol. The summed E-state index contributed by atoms with van der Waals surface area (Å²) in [7, 11) is -3.76. The maximum absolute atomic E-state index is 13.2. The summed E-state index contributed by atoms with van der Waals surface area (Å²) in [5, 5.41) is 8.42. The molecule has 1 aromatic rings. The number of carboxylic acids is 1. The summed E-state index contributed by atoms with van der Waals surface area (Å²) in [6, 6.07) is 3.52. The zero-order valence-corrected chi connectivity index (χ0v) is 12.3. The topological polar surface area (TPSA) is 83.5 Å². The molecule has 0 heterocycles. The number of nitrogens with one attached hydrogen (secondary N) is 1. The summed E-state index contributed by atoms with van der Waals surface area (Å²) in [6.07, 6.45) is 0.783. The molecule has 0 bridgehead atoms. The van der Waals surface area contributed by atoms with Crippen LogP contribution in [0.1, 0.15) is 19.3 Å². The Morgan fingerprint density at radius 2 is 2.05 bits per heavy atom. The van der Waals surface area contributed by atoms with Crippen LogP contribution in [0.2, 0.25) is 0 Å². The van der Waals surface area contributed by atoms with Crippen LogP contribution in [0.5, 0.6) is 0 Å². The standard InChI is InChI=1S/C11H13BrFNO4S/c12-9-5-4-8(7-10(9)13)19(17,18)14-6-2-1-3-11(15)16/h4-5,7,14H,1-3,6H2,(H,15,16). The van der Waals surface area contributed by atoms with Crippen LogP contribution in [-0.2, 0) is 14.8 Å². The number of hydrogen-bond donors (Lipinski definition) is 2. The van der Waals surface area contributed by atoms with E-state index < -0.39 is 21.8 Å². The zero-order valence-electron chi connectivity index (χ0n) is 9.90. The lowest BCUT2D eigenvalue weighted by atomic mass is 10.2. The van der Waals surface area contributed by atoms with Crippen molar-refractivity contribution < 1.29 is 22.7 Å². The van der Waals surface area contributed by atoms with Crippen LogP contribution in [0.15, 0.2) is 27.6 Å². The van der Waals surface area contributed by atoms with Crippen LogP contribution in [0.3, 0.4) is 0 Å². The van der Waals surface area contributed by atoms with Crippen LogP contribution in [0, 0.1) is 5.82 Å². The molecule has 2 N–H and O–H groups in total. The fraction of sp³-hybridized carbons (Fsp3) is 0.364. The van der Waals surface area contributed by atoms with Crippen molar-refractivity contribution in [2.75, 3.05) is 6.54 Å². The largest absolute Gasteiger partial charge is 0.481 e. The van der Waals surface area contributed by atoms with Gasteiger partial charge in [0.15, 0.2) is 0 Å². The first-order valence-corrected chi connectivity index (χ1v) is 7.77. The number of carbonyl (C=O) groups is 1. The van der Waals surface area contributed by atoms with Gasteiger partial charge >= 0.3 is 5.97 Å². The lowest BCUT2D eigenvalue weighted by Gasteiger charge is -2.07. The Balaban J connectivity index is 2.56. The molecule has 5 nitrogen and oxygen atoms in total. The minimum absolute atomic E-state index is 0.00532. The average molecular weight is 354 g/mol. The van der Waals surface area contributed by atoms with E-state index in [4.69, 9.17) is 5.11 Å². The van der Waals surface area contributed by atoms with Crippen LogP contribution < -0.4 is 4.72 Å². The fourth-order valence-electron chi connectivity index (χ4n) is 1.34. The van der Waals surface area contributed by atoms with Crippen molar-refractivity contribution in [1.29, 1.82) is 0 Å². The molecule has 0 aliphatic heterocycles. The van der Waals surface area contributed by atoms with Crippen molar-refractivity contribution in [3.63, 3.8) is 0 Å². The fourth-order valence-corrected chi connectivity index (χ4v) is 2.67.